The zero-order chi connectivity index (χ0) is 26.9. The first-order valence-electron chi connectivity index (χ1n) is 11.7. The third-order valence-electron chi connectivity index (χ3n) is 5.99. The number of piperazine rings is 1. The van der Waals surface area contributed by atoms with E-state index < -0.39 is 29.1 Å². The first-order chi connectivity index (χ1) is 17.5. The number of aromatic nitrogens is 4. The molecular weight excluding hydrogens is 497 g/mol. The second-order valence-corrected chi connectivity index (χ2v) is 10.5. The molecule has 194 valence electrons. The highest BCUT2D eigenvalue weighted by molar-refractivity contribution is 7.98. The van der Waals surface area contributed by atoms with E-state index in [4.69, 9.17) is 4.74 Å². The fourth-order valence-corrected chi connectivity index (χ4v) is 4.57. The van der Waals surface area contributed by atoms with Crippen LogP contribution in [0.15, 0.2) is 34.3 Å². The molecule has 2 aromatic heterocycles. The summed E-state index contributed by atoms with van der Waals surface area (Å²) in [6, 6.07) is 6.19. The number of anilines is 1. The summed E-state index contributed by atoms with van der Waals surface area (Å²) < 4.78 is 20.9. The van der Waals surface area contributed by atoms with E-state index in [2.05, 4.69) is 21.1 Å². The zero-order valence-electron chi connectivity index (χ0n) is 21.4. The van der Waals surface area contributed by atoms with Crippen LogP contribution in [-0.2, 0) is 4.74 Å². The van der Waals surface area contributed by atoms with Gasteiger partial charge < -0.3 is 14.5 Å². The van der Waals surface area contributed by atoms with Crippen molar-refractivity contribution < 1.29 is 13.9 Å². The van der Waals surface area contributed by atoms with Gasteiger partial charge in [0.15, 0.2) is 5.16 Å². The van der Waals surface area contributed by atoms with E-state index in [-0.39, 0.29) is 11.9 Å². The van der Waals surface area contributed by atoms with Crippen LogP contribution in [0.5, 0.6) is 0 Å². The fourth-order valence-electron chi connectivity index (χ4n) is 4.21. The highest BCUT2D eigenvalue weighted by atomic mass is 32.2. The maximum absolute atomic E-state index is 14.2. The van der Waals surface area contributed by atoms with Crippen molar-refractivity contribution in [3.63, 3.8) is 0 Å². The van der Waals surface area contributed by atoms with Crippen molar-refractivity contribution >= 4 is 34.6 Å². The molecule has 3 heterocycles. The monoisotopic (exact) mass is 525 g/mol. The summed E-state index contributed by atoms with van der Waals surface area (Å²) in [5.74, 6) is 0.0553. The van der Waals surface area contributed by atoms with Crippen LogP contribution in [0.2, 0.25) is 0 Å². The Morgan fingerprint density at radius 2 is 2.05 bits per heavy atom. The highest BCUT2D eigenvalue weighted by Gasteiger charge is 2.34. The van der Waals surface area contributed by atoms with Gasteiger partial charge in [0.05, 0.1) is 35.8 Å². The molecule has 1 aliphatic heterocycles. The molecule has 1 fully saturated rings. The normalized spacial score (nSPS) is 16.1. The Morgan fingerprint density at radius 1 is 1.30 bits per heavy atom. The SMILES string of the molecule is CSc1nc(N2CCN(C(=O)OC(C)(C)C)C(CC#N)C2)c2cnn(-c3cccc(F)c3C)c(=O)c2n1. The van der Waals surface area contributed by atoms with Crippen molar-refractivity contribution in [2.24, 2.45) is 0 Å². The lowest BCUT2D eigenvalue weighted by molar-refractivity contribution is 0.0145. The van der Waals surface area contributed by atoms with Crippen LogP contribution >= 0.6 is 11.8 Å². The lowest BCUT2D eigenvalue weighted by atomic mass is 10.1. The Hall–Kier alpha value is -3.72. The Bertz CT molecular complexity index is 1450. The predicted octanol–water partition coefficient (Wildman–Crippen LogP) is 3.68. The molecule has 1 aromatic carbocycles. The lowest BCUT2D eigenvalue weighted by Gasteiger charge is -2.41. The number of benzene rings is 1. The van der Waals surface area contributed by atoms with Gasteiger partial charge >= 0.3 is 6.09 Å². The van der Waals surface area contributed by atoms with Crippen LogP contribution in [0.3, 0.4) is 0 Å². The van der Waals surface area contributed by atoms with E-state index in [0.717, 1.165) is 4.68 Å². The van der Waals surface area contributed by atoms with Gasteiger partial charge in [-0.1, -0.05) is 17.8 Å². The van der Waals surface area contributed by atoms with Crippen molar-refractivity contribution in [3.8, 4) is 11.8 Å². The molecule has 1 aliphatic rings. The van der Waals surface area contributed by atoms with Gasteiger partial charge in [-0.05, 0) is 46.1 Å². The number of hydrogen-bond acceptors (Lipinski definition) is 9. The molecule has 3 aromatic rings. The van der Waals surface area contributed by atoms with E-state index in [9.17, 15) is 19.2 Å². The van der Waals surface area contributed by atoms with Gasteiger partial charge in [-0.15, -0.1) is 0 Å². The molecule has 1 atom stereocenters. The Kier molecular flexibility index (Phi) is 7.36. The van der Waals surface area contributed by atoms with E-state index >= 15 is 0 Å². The molecule has 12 heteroatoms. The molecule has 37 heavy (non-hydrogen) atoms. The Balaban J connectivity index is 1.76. The number of hydrogen-bond donors (Lipinski definition) is 0. The number of carbonyl (C=O) groups is 1. The third-order valence-corrected chi connectivity index (χ3v) is 6.54. The second-order valence-electron chi connectivity index (χ2n) is 9.68. The minimum atomic E-state index is -0.660. The number of thioether (sulfide) groups is 1. The van der Waals surface area contributed by atoms with Gasteiger partial charge in [-0.3, -0.25) is 4.79 Å². The average Bonchev–Trinajstić information content (AvgIpc) is 2.85. The summed E-state index contributed by atoms with van der Waals surface area (Å²) >= 11 is 1.29. The van der Waals surface area contributed by atoms with Crippen LogP contribution in [0, 0.1) is 24.1 Å². The first kappa shape index (κ1) is 26.3. The first-order valence-corrected chi connectivity index (χ1v) is 13.0. The fraction of sp³-hybridized carbons (Fsp3) is 0.440. The topological polar surface area (TPSA) is 117 Å². The number of ether oxygens (including phenoxy) is 1. The molecule has 0 radical (unpaired) electrons. The molecular formula is C25H28FN7O3S. The Morgan fingerprint density at radius 3 is 2.73 bits per heavy atom. The largest absolute Gasteiger partial charge is 0.444 e. The van der Waals surface area contributed by atoms with E-state index in [1.165, 1.54) is 30.1 Å². The van der Waals surface area contributed by atoms with E-state index in [0.29, 0.717) is 47.2 Å². The number of carbonyl (C=O) groups excluding carboxylic acids is 1. The average molecular weight is 526 g/mol. The smallest absolute Gasteiger partial charge is 0.410 e. The number of nitrogens with zero attached hydrogens (tertiary/aromatic N) is 7. The summed E-state index contributed by atoms with van der Waals surface area (Å²) in [5, 5.41) is 14.6. The molecule has 0 saturated carbocycles. The minimum Gasteiger partial charge on any atom is -0.444 e. The number of nitriles is 1. The molecule has 0 aliphatic carbocycles. The van der Waals surface area contributed by atoms with Gasteiger partial charge in [0, 0.05) is 25.2 Å². The standard InChI is InChI=1S/C25H28FN7O3S/c1-15-18(26)7-6-8-19(15)33-22(34)20-17(13-28-33)21(30-23(29-20)37-5)31-11-12-32(16(14-31)9-10-27)24(35)36-25(2,3)4/h6-8,13,16H,9,11-12,14H2,1-5H3. The molecule has 10 nitrogen and oxygen atoms in total. The maximum Gasteiger partial charge on any atom is 0.410 e. The number of halogens is 1. The summed E-state index contributed by atoms with van der Waals surface area (Å²) in [6.07, 6.45) is 2.94. The van der Waals surface area contributed by atoms with Crippen molar-refractivity contribution in [1.82, 2.24) is 24.6 Å². The van der Waals surface area contributed by atoms with Crippen molar-refractivity contribution in [2.45, 2.75) is 50.9 Å². The molecule has 0 bridgehead atoms. The quantitative estimate of drug-likeness (QED) is 0.371. The van der Waals surface area contributed by atoms with E-state index in [1.54, 1.807) is 44.9 Å². The summed E-state index contributed by atoms with van der Waals surface area (Å²) in [5.41, 5.74) is -0.371. The predicted molar refractivity (Wildman–Crippen MR) is 139 cm³/mol. The van der Waals surface area contributed by atoms with E-state index in [1.807, 2.05) is 4.90 Å². The van der Waals surface area contributed by atoms with Gasteiger partial charge in [-0.25, -0.2) is 19.2 Å². The van der Waals surface area contributed by atoms with Crippen LogP contribution in [0.25, 0.3) is 16.6 Å². The number of fused-ring (bicyclic) bond motifs is 1. The molecule has 1 saturated heterocycles. The molecule has 0 N–H and O–H groups in total. The molecule has 4 rings (SSSR count). The van der Waals surface area contributed by atoms with Crippen LogP contribution in [0.1, 0.15) is 32.8 Å². The lowest BCUT2D eigenvalue weighted by Crippen LogP contribution is -2.56. The van der Waals surface area contributed by atoms with Gasteiger partial charge in [0.25, 0.3) is 5.56 Å². The number of rotatable bonds is 4. The van der Waals surface area contributed by atoms with Crippen molar-refractivity contribution in [3.05, 3.63) is 46.1 Å². The van der Waals surface area contributed by atoms with Gasteiger partial charge in [0.2, 0.25) is 0 Å². The minimum absolute atomic E-state index is 0.109. The summed E-state index contributed by atoms with van der Waals surface area (Å²) in [4.78, 5) is 38.9. The van der Waals surface area contributed by atoms with Gasteiger partial charge in [-0.2, -0.15) is 15.0 Å². The maximum atomic E-state index is 14.2. The molecule has 0 spiro atoms. The highest BCUT2D eigenvalue weighted by Crippen LogP contribution is 2.28. The second kappa shape index (κ2) is 10.3. The molecule has 1 unspecified atom stereocenters. The van der Waals surface area contributed by atoms with Crippen LogP contribution in [0.4, 0.5) is 15.0 Å². The summed E-state index contributed by atoms with van der Waals surface area (Å²) in [7, 11) is 0. The van der Waals surface area contributed by atoms with Crippen LogP contribution in [-0.4, -0.2) is 68.3 Å². The van der Waals surface area contributed by atoms with Crippen molar-refractivity contribution in [1.29, 1.82) is 5.26 Å². The molecule has 1 amide bonds. The number of amides is 1. The third kappa shape index (κ3) is 5.36. The zero-order valence-corrected chi connectivity index (χ0v) is 22.2. The van der Waals surface area contributed by atoms with Gasteiger partial charge in [0.1, 0.15) is 22.8 Å². The van der Waals surface area contributed by atoms with Crippen LogP contribution < -0.4 is 10.5 Å². The van der Waals surface area contributed by atoms with Crippen molar-refractivity contribution in [2.75, 3.05) is 30.8 Å². The Labute approximate surface area is 218 Å². The summed E-state index contributed by atoms with van der Waals surface area (Å²) in [6.45, 7) is 8.01.